The van der Waals surface area contributed by atoms with Crippen LogP contribution in [0.1, 0.15) is 19.8 Å². The molecule has 0 unspecified atom stereocenters. The number of benzene rings is 2. The molecule has 0 aliphatic rings. The van der Waals surface area contributed by atoms with E-state index in [4.69, 9.17) is 9.47 Å². The fraction of sp³-hybridized carbons (Fsp3) is 0.318. The fourth-order valence-electron chi connectivity index (χ4n) is 2.89. The van der Waals surface area contributed by atoms with Gasteiger partial charge in [0.25, 0.3) is 0 Å². The summed E-state index contributed by atoms with van der Waals surface area (Å²) in [5.41, 5.74) is 1.67. The summed E-state index contributed by atoms with van der Waals surface area (Å²) in [6, 6.07) is 15.0. The Kier molecular flexibility index (Phi) is 7.73. The van der Waals surface area contributed by atoms with Gasteiger partial charge in [-0.15, -0.1) is 10.2 Å². The molecule has 3 rings (SSSR count). The Labute approximate surface area is 180 Å². The fourth-order valence-corrected chi connectivity index (χ4v) is 3.66. The maximum absolute atomic E-state index is 12.4. The van der Waals surface area contributed by atoms with E-state index >= 15 is 0 Å². The lowest BCUT2D eigenvalue weighted by molar-refractivity contribution is -0.113. The summed E-state index contributed by atoms with van der Waals surface area (Å²) in [6.45, 7) is 2.94. The highest BCUT2D eigenvalue weighted by molar-refractivity contribution is 7.99. The van der Waals surface area contributed by atoms with Gasteiger partial charge in [-0.25, -0.2) is 0 Å². The number of nitrogens with zero attached hydrogens (tertiary/aromatic N) is 3. The van der Waals surface area contributed by atoms with Crippen LogP contribution in [0.5, 0.6) is 11.5 Å². The van der Waals surface area contributed by atoms with Crippen molar-refractivity contribution in [1.82, 2.24) is 14.8 Å². The molecule has 0 atom stereocenters. The van der Waals surface area contributed by atoms with Crippen LogP contribution in [-0.4, -0.2) is 40.6 Å². The van der Waals surface area contributed by atoms with E-state index < -0.39 is 0 Å². The van der Waals surface area contributed by atoms with Crippen molar-refractivity contribution in [1.29, 1.82) is 0 Å². The number of aromatic nitrogens is 3. The molecule has 0 saturated carbocycles. The number of thioether (sulfide) groups is 1. The van der Waals surface area contributed by atoms with E-state index in [0.717, 1.165) is 41.7 Å². The SMILES string of the molecule is CCCCn1c(SCC(=O)Nc2cccc(OC)c2)nnc1-c1ccc(OC)cc1. The number of amides is 1. The van der Waals surface area contributed by atoms with Gasteiger partial charge in [-0.3, -0.25) is 4.79 Å². The highest BCUT2D eigenvalue weighted by Crippen LogP contribution is 2.26. The molecule has 0 spiro atoms. The zero-order valence-electron chi connectivity index (χ0n) is 17.4. The Morgan fingerprint density at radius 1 is 1.07 bits per heavy atom. The Morgan fingerprint density at radius 2 is 1.83 bits per heavy atom. The molecule has 158 valence electrons. The van der Waals surface area contributed by atoms with Gasteiger partial charge in [0.15, 0.2) is 11.0 Å². The molecule has 3 aromatic rings. The normalized spacial score (nSPS) is 10.6. The third-order valence-electron chi connectivity index (χ3n) is 4.49. The predicted molar refractivity (Wildman–Crippen MR) is 119 cm³/mol. The molecule has 0 aliphatic carbocycles. The summed E-state index contributed by atoms with van der Waals surface area (Å²) < 4.78 is 12.5. The number of carbonyl (C=O) groups excluding carboxylic acids is 1. The number of rotatable bonds is 10. The molecule has 1 heterocycles. The van der Waals surface area contributed by atoms with Gasteiger partial charge >= 0.3 is 0 Å². The van der Waals surface area contributed by atoms with Gasteiger partial charge in [0.05, 0.1) is 20.0 Å². The number of unbranched alkanes of at least 4 members (excludes halogenated alkanes) is 1. The third-order valence-corrected chi connectivity index (χ3v) is 5.45. The summed E-state index contributed by atoms with van der Waals surface area (Å²) in [5, 5.41) is 12.3. The molecule has 30 heavy (non-hydrogen) atoms. The first-order valence-corrected chi connectivity index (χ1v) is 10.8. The van der Waals surface area contributed by atoms with Crippen molar-refractivity contribution < 1.29 is 14.3 Å². The van der Waals surface area contributed by atoms with Crippen LogP contribution in [-0.2, 0) is 11.3 Å². The van der Waals surface area contributed by atoms with E-state index in [0.29, 0.717) is 11.4 Å². The Balaban J connectivity index is 1.71. The summed E-state index contributed by atoms with van der Waals surface area (Å²) in [4.78, 5) is 12.4. The molecule has 8 heteroatoms. The van der Waals surface area contributed by atoms with E-state index in [9.17, 15) is 4.79 Å². The number of carbonyl (C=O) groups is 1. The molecule has 7 nitrogen and oxygen atoms in total. The zero-order valence-corrected chi connectivity index (χ0v) is 18.2. The van der Waals surface area contributed by atoms with Crippen LogP contribution in [0, 0.1) is 0 Å². The molecule has 1 aromatic heterocycles. The Morgan fingerprint density at radius 3 is 2.53 bits per heavy atom. The van der Waals surface area contributed by atoms with Gasteiger partial charge in [-0.05, 0) is 42.8 Å². The van der Waals surface area contributed by atoms with Crippen molar-refractivity contribution in [3.8, 4) is 22.9 Å². The second-order valence-corrected chi connectivity index (χ2v) is 7.55. The van der Waals surface area contributed by atoms with Gasteiger partial charge in [-0.2, -0.15) is 0 Å². The van der Waals surface area contributed by atoms with Crippen molar-refractivity contribution in [3.63, 3.8) is 0 Å². The molecule has 0 saturated heterocycles. The van der Waals surface area contributed by atoms with Crippen molar-refractivity contribution >= 4 is 23.4 Å². The van der Waals surface area contributed by atoms with Crippen LogP contribution in [0.3, 0.4) is 0 Å². The third kappa shape index (κ3) is 5.54. The molecule has 0 fully saturated rings. The second-order valence-electron chi connectivity index (χ2n) is 6.61. The molecule has 0 radical (unpaired) electrons. The number of methoxy groups -OCH3 is 2. The lowest BCUT2D eigenvalue weighted by atomic mass is 10.2. The minimum absolute atomic E-state index is 0.107. The molecule has 1 amide bonds. The van der Waals surface area contributed by atoms with E-state index in [1.54, 1.807) is 20.3 Å². The first-order chi connectivity index (χ1) is 14.6. The first-order valence-electron chi connectivity index (χ1n) is 9.79. The predicted octanol–water partition coefficient (Wildman–Crippen LogP) is 4.49. The van der Waals surface area contributed by atoms with E-state index in [1.165, 1.54) is 11.8 Å². The Hall–Kier alpha value is -3.00. The first kappa shape index (κ1) is 21.7. The highest BCUT2D eigenvalue weighted by atomic mass is 32.2. The maximum Gasteiger partial charge on any atom is 0.234 e. The van der Waals surface area contributed by atoms with E-state index in [1.807, 2.05) is 42.5 Å². The lowest BCUT2D eigenvalue weighted by Gasteiger charge is -2.10. The monoisotopic (exact) mass is 426 g/mol. The number of nitrogens with one attached hydrogen (secondary N) is 1. The molecular formula is C22H26N4O3S. The number of hydrogen-bond donors (Lipinski definition) is 1. The van der Waals surface area contributed by atoms with Crippen LogP contribution >= 0.6 is 11.8 Å². The summed E-state index contributed by atoms with van der Waals surface area (Å²) in [5.74, 6) is 2.42. The summed E-state index contributed by atoms with van der Waals surface area (Å²) in [7, 11) is 3.24. The number of hydrogen-bond acceptors (Lipinski definition) is 6. The molecular weight excluding hydrogens is 400 g/mol. The van der Waals surface area contributed by atoms with Gasteiger partial charge in [0.1, 0.15) is 11.5 Å². The average molecular weight is 427 g/mol. The van der Waals surface area contributed by atoms with Crippen molar-refractivity contribution in [2.24, 2.45) is 0 Å². The van der Waals surface area contributed by atoms with Crippen LogP contribution in [0.25, 0.3) is 11.4 Å². The highest BCUT2D eigenvalue weighted by Gasteiger charge is 2.16. The standard InChI is InChI=1S/C22H26N4O3S/c1-4-5-13-26-21(16-9-11-18(28-2)12-10-16)24-25-22(26)30-15-20(27)23-17-7-6-8-19(14-17)29-3/h6-12,14H,4-5,13,15H2,1-3H3,(H,23,27). The molecule has 0 aliphatic heterocycles. The summed E-state index contributed by atoms with van der Waals surface area (Å²) >= 11 is 1.38. The van der Waals surface area contributed by atoms with Gasteiger partial charge in [-0.1, -0.05) is 31.2 Å². The van der Waals surface area contributed by atoms with E-state index in [2.05, 4.69) is 27.0 Å². The van der Waals surface area contributed by atoms with Gasteiger partial charge < -0.3 is 19.4 Å². The topological polar surface area (TPSA) is 78.3 Å². The zero-order chi connectivity index (χ0) is 21.3. The minimum atomic E-state index is -0.107. The van der Waals surface area contributed by atoms with Crippen LogP contribution in [0.15, 0.2) is 53.7 Å². The number of anilines is 1. The van der Waals surface area contributed by atoms with Crippen LogP contribution in [0.4, 0.5) is 5.69 Å². The molecule has 0 bridgehead atoms. The average Bonchev–Trinajstić information content (AvgIpc) is 3.19. The largest absolute Gasteiger partial charge is 0.497 e. The van der Waals surface area contributed by atoms with Crippen molar-refractivity contribution in [2.75, 3.05) is 25.3 Å². The minimum Gasteiger partial charge on any atom is -0.497 e. The van der Waals surface area contributed by atoms with Crippen molar-refractivity contribution in [3.05, 3.63) is 48.5 Å². The van der Waals surface area contributed by atoms with Crippen LogP contribution < -0.4 is 14.8 Å². The van der Waals surface area contributed by atoms with E-state index in [-0.39, 0.29) is 11.7 Å². The second kappa shape index (κ2) is 10.7. The van der Waals surface area contributed by atoms with Crippen molar-refractivity contribution in [2.45, 2.75) is 31.5 Å². The van der Waals surface area contributed by atoms with Crippen LogP contribution in [0.2, 0.25) is 0 Å². The smallest absolute Gasteiger partial charge is 0.234 e. The summed E-state index contributed by atoms with van der Waals surface area (Å²) in [6.07, 6.45) is 2.06. The Bertz CT molecular complexity index is 973. The quantitative estimate of drug-likeness (QED) is 0.481. The van der Waals surface area contributed by atoms with Gasteiger partial charge in [0, 0.05) is 23.9 Å². The number of ether oxygens (including phenoxy) is 2. The van der Waals surface area contributed by atoms with Gasteiger partial charge in [0.2, 0.25) is 5.91 Å². The maximum atomic E-state index is 12.4. The molecule has 2 aromatic carbocycles. The lowest BCUT2D eigenvalue weighted by Crippen LogP contribution is -2.14. The molecule has 1 N–H and O–H groups in total.